The molecule has 12 nitrogen and oxygen atoms in total. The number of hydrogen-bond acceptors (Lipinski definition) is 7. The van der Waals surface area contributed by atoms with Gasteiger partial charge in [-0.15, -0.1) is 6.42 Å². The lowest BCUT2D eigenvalue weighted by Crippen LogP contribution is -2.76. The molecule has 0 saturated carbocycles. The van der Waals surface area contributed by atoms with Crippen LogP contribution in [0.15, 0.2) is 48.5 Å². The van der Waals surface area contributed by atoms with E-state index >= 15 is 0 Å². The number of carboxylic acid groups (broad SMARTS) is 1. The van der Waals surface area contributed by atoms with E-state index in [1.165, 1.54) is 19.8 Å². The van der Waals surface area contributed by atoms with Crippen LogP contribution in [0.4, 0.5) is 4.79 Å². The normalized spacial score (nSPS) is 19.2. The Morgan fingerprint density at radius 1 is 1.18 bits per heavy atom. The molecule has 4 rings (SSSR count). The third-order valence-corrected chi connectivity index (χ3v) is 8.87. The first-order chi connectivity index (χ1) is 21.2. The van der Waals surface area contributed by atoms with E-state index in [9.17, 15) is 24.3 Å². The maximum atomic E-state index is 13.7. The molecule has 2 fully saturated rings. The Hall–Kier alpha value is -4.16. The predicted octanol–water partition coefficient (Wildman–Crippen LogP) is 2.28. The number of terminal acetylenes is 1. The molecule has 2 aromatic rings. The number of hydrogen-bond donors (Lipinski definition) is 2. The fourth-order valence-electron chi connectivity index (χ4n) is 5.30. The molecular formula is C31H36IN5O7. The number of alkyl halides is 1. The van der Waals surface area contributed by atoms with Gasteiger partial charge >= 0.3 is 12.0 Å². The first-order valence-corrected chi connectivity index (χ1v) is 16.8. The van der Waals surface area contributed by atoms with Crippen LogP contribution in [0.3, 0.4) is 0 Å². The zero-order chi connectivity index (χ0) is 31.8. The monoisotopic (exact) mass is 717 g/mol. The summed E-state index contributed by atoms with van der Waals surface area (Å²) in [4.78, 5) is 55.3. The van der Waals surface area contributed by atoms with Crippen LogP contribution in [-0.4, -0.2) is 103 Å². The molecule has 13 heteroatoms. The molecule has 2 aliphatic heterocycles. The molecule has 2 saturated heterocycles. The summed E-state index contributed by atoms with van der Waals surface area (Å²) >= 11 is -0.407. The van der Waals surface area contributed by atoms with Crippen molar-refractivity contribution in [1.82, 2.24) is 25.1 Å². The number of methoxy groups -OCH3 is 1. The highest BCUT2D eigenvalue weighted by atomic mass is 127. The van der Waals surface area contributed by atoms with Crippen molar-refractivity contribution in [3.05, 3.63) is 59.7 Å². The van der Waals surface area contributed by atoms with Gasteiger partial charge in [-0.25, -0.2) is 9.80 Å². The fourth-order valence-corrected chi connectivity index (χ4v) is 5.75. The minimum absolute atomic E-state index is 0.0248. The third kappa shape index (κ3) is 7.67. The lowest BCUT2D eigenvalue weighted by Gasteiger charge is -2.54. The number of carboxylic acids is 1. The predicted molar refractivity (Wildman–Crippen MR) is 172 cm³/mol. The van der Waals surface area contributed by atoms with Crippen molar-refractivity contribution in [3.8, 4) is 23.8 Å². The summed E-state index contributed by atoms with van der Waals surface area (Å²) in [5.74, 6) is 1.44. The van der Waals surface area contributed by atoms with Crippen LogP contribution in [0, 0.1) is 12.3 Å². The molecule has 234 valence electrons. The molecule has 0 radical (unpaired) electrons. The summed E-state index contributed by atoms with van der Waals surface area (Å²) in [7, 11) is 1.56. The first kappa shape index (κ1) is 32.7. The Labute approximate surface area is 266 Å². The Bertz CT molecular complexity index is 1430. The zero-order valence-electron chi connectivity index (χ0n) is 24.6. The number of carbonyl (C=O) groups is 4. The number of amides is 4. The Morgan fingerprint density at radius 3 is 2.59 bits per heavy atom. The lowest BCUT2D eigenvalue weighted by molar-refractivity contribution is -0.190. The number of nitrogens with one attached hydrogen (secondary N) is 1. The van der Waals surface area contributed by atoms with Gasteiger partial charge in [0, 0.05) is 13.1 Å². The molecule has 2 N–H and O–H groups in total. The van der Waals surface area contributed by atoms with Crippen molar-refractivity contribution < 1.29 is 33.8 Å². The molecule has 0 aromatic heterocycles. The highest BCUT2D eigenvalue weighted by Crippen LogP contribution is 2.32. The second-order valence-electron chi connectivity index (χ2n) is 10.2. The summed E-state index contributed by atoms with van der Waals surface area (Å²) < 4.78 is 15.4. The van der Waals surface area contributed by atoms with Crippen molar-refractivity contribution in [2.75, 3.05) is 33.3 Å². The highest BCUT2D eigenvalue weighted by Gasteiger charge is 2.51. The Balaban J connectivity index is 1.61. The van der Waals surface area contributed by atoms with E-state index in [-0.39, 0.29) is 36.8 Å². The summed E-state index contributed by atoms with van der Waals surface area (Å²) in [5.41, 5.74) is 1.74. The molecule has 1 unspecified atom stereocenters. The molecule has 2 heterocycles. The quantitative estimate of drug-likeness (QED) is 0.194. The van der Waals surface area contributed by atoms with Crippen molar-refractivity contribution in [3.63, 3.8) is 0 Å². The number of urea groups is 1. The molecular weight excluding hydrogens is 681 g/mol. The van der Waals surface area contributed by atoms with Gasteiger partial charge < -0.3 is 29.7 Å². The van der Waals surface area contributed by atoms with E-state index in [1.54, 1.807) is 13.2 Å². The number of carbonyl (C=O) groups excluding carboxylic acids is 3. The average Bonchev–Trinajstić information content (AvgIpc) is 3.01. The van der Waals surface area contributed by atoms with E-state index < -0.39 is 63.2 Å². The van der Waals surface area contributed by atoms with Gasteiger partial charge in [-0.2, -0.15) is 5.01 Å². The molecule has 0 bridgehead atoms. The minimum atomic E-state index is -1.28. The number of ether oxygens (including phenoxy) is 2. The van der Waals surface area contributed by atoms with Gasteiger partial charge in [0.15, 0.2) is 11.5 Å². The second-order valence-corrected chi connectivity index (χ2v) is 12.9. The summed E-state index contributed by atoms with van der Waals surface area (Å²) in [5, 5.41) is 15.4. The van der Waals surface area contributed by atoms with Crippen molar-refractivity contribution in [2.24, 2.45) is 0 Å². The van der Waals surface area contributed by atoms with Gasteiger partial charge in [0.2, 0.25) is 11.8 Å². The lowest BCUT2D eigenvalue weighted by atomic mass is 10.0. The Kier molecular flexibility index (Phi) is 11.2. The van der Waals surface area contributed by atoms with Crippen LogP contribution in [0.1, 0.15) is 24.5 Å². The molecule has 2 aromatic carbocycles. The van der Waals surface area contributed by atoms with Crippen LogP contribution in [0.5, 0.6) is 11.5 Å². The van der Waals surface area contributed by atoms with Crippen LogP contribution in [0.2, 0.25) is 0 Å². The van der Waals surface area contributed by atoms with Crippen LogP contribution >= 0.6 is 20.7 Å². The zero-order valence-corrected chi connectivity index (χ0v) is 26.8. The van der Waals surface area contributed by atoms with E-state index in [0.717, 1.165) is 11.1 Å². The first-order valence-electron chi connectivity index (χ1n) is 14.0. The molecule has 4 amide bonds. The molecule has 2 aliphatic rings. The van der Waals surface area contributed by atoms with Crippen LogP contribution in [0.25, 0.3) is 0 Å². The number of piperazine rings is 1. The smallest absolute Gasteiger partial charge is 0.334 e. The topological polar surface area (TPSA) is 132 Å². The molecule has 44 heavy (non-hydrogen) atoms. The Morgan fingerprint density at radius 2 is 1.93 bits per heavy atom. The van der Waals surface area contributed by atoms with E-state index in [1.807, 2.05) is 49.4 Å². The van der Waals surface area contributed by atoms with Gasteiger partial charge in [0.05, 0.1) is 33.2 Å². The van der Waals surface area contributed by atoms with Gasteiger partial charge in [-0.3, -0.25) is 14.4 Å². The third-order valence-electron chi connectivity index (χ3n) is 7.37. The largest absolute Gasteiger partial charge is 0.493 e. The minimum Gasteiger partial charge on any atom is -0.493 e. The number of rotatable bonds is 12. The van der Waals surface area contributed by atoms with E-state index in [4.69, 9.17) is 15.9 Å². The number of halogens is 1. The number of benzene rings is 2. The van der Waals surface area contributed by atoms with Gasteiger partial charge in [0.1, 0.15) is 16.3 Å². The molecule has 3 atom stereocenters. The maximum absolute atomic E-state index is 13.7. The SMILES string of the molecule is C#CCN1CC(=O)N2[C@@H](CC(=O)O)C(=O)N(CCc3ccc(OC)c(OC(C)I=C)c3)C[C@@H]2N1C(=O)NCc1ccccc1. The van der Waals surface area contributed by atoms with Crippen molar-refractivity contribution in [2.45, 2.75) is 42.6 Å². The molecule has 0 aliphatic carbocycles. The van der Waals surface area contributed by atoms with Crippen LogP contribution in [-0.2, 0) is 27.3 Å². The fraction of sp³-hybridized carbons (Fsp3) is 0.387. The standard InChI is InChI=1S/C31H36IN5O7/c1-5-14-35-20-28(38)36-24(17-29(39)40)30(41)34(15-13-22-11-12-25(43-4)26(16-22)44-21(2)32-3)19-27(36)37(35)31(42)33-18-23-9-7-6-8-10-23/h1,6-12,16,21,24,27H,3,13-15,17-20H2,2,4H3,(H,33,42)(H,39,40)/t21?,24-,27-/m0/s1. The second kappa shape index (κ2) is 15.0. The summed E-state index contributed by atoms with van der Waals surface area (Å²) in [6.45, 7) is 2.05. The number of fused-ring (bicyclic) bond motifs is 1. The van der Waals surface area contributed by atoms with E-state index in [2.05, 4.69) is 15.8 Å². The number of aliphatic carboxylic acids is 1. The highest BCUT2D eigenvalue weighted by molar-refractivity contribution is 14.2. The van der Waals surface area contributed by atoms with Crippen molar-refractivity contribution >= 4 is 49.1 Å². The molecule has 0 spiro atoms. The number of hydrazine groups is 1. The van der Waals surface area contributed by atoms with Gasteiger partial charge in [-0.05, 0) is 36.6 Å². The number of nitrogens with zero attached hydrogens (tertiary/aromatic N) is 4. The van der Waals surface area contributed by atoms with Crippen molar-refractivity contribution in [1.29, 1.82) is 0 Å². The average molecular weight is 718 g/mol. The summed E-state index contributed by atoms with van der Waals surface area (Å²) in [6, 6.07) is 13.0. The van der Waals surface area contributed by atoms with Crippen LogP contribution < -0.4 is 14.8 Å². The van der Waals surface area contributed by atoms with E-state index in [0.29, 0.717) is 17.9 Å². The maximum Gasteiger partial charge on any atom is 0.334 e. The summed E-state index contributed by atoms with van der Waals surface area (Å²) in [6.07, 6.45) is 4.44. The van der Waals surface area contributed by atoms with Gasteiger partial charge in [-0.1, -0.05) is 67.6 Å². The van der Waals surface area contributed by atoms with Gasteiger partial charge in [0.25, 0.3) is 0 Å².